The van der Waals surface area contributed by atoms with Crippen LogP contribution in [-0.2, 0) is 4.79 Å². The van der Waals surface area contributed by atoms with Crippen LogP contribution in [0.25, 0.3) is 11.5 Å². The van der Waals surface area contributed by atoms with Crippen molar-refractivity contribution in [1.29, 1.82) is 5.26 Å². The number of benzene rings is 2. The highest BCUT2D eigenvalue weighted by Gasteiger charge is 2.34. The van der Waals surface area contributed by atoms with E-state index in [0.29, 0.717) is 35.1 Å². The molecule has 0 unspecified atom stereocenters. The van der Waals surface area contributed by atoms with Crippen molar-refractivity contribution in [2.24, 2.45) is 0 Å². The Morgan fingerprint density at radius 2 is 2.08 bits per heavy atom. The second kappa shape index (κ2) is 6.41. The Bertz CT molecular complexity index is 1020. The molecule has 7 heteroatoms. The van der Waals surface area contributed by atoms with E-state index in [-0.39, 0.29) is 18.2 Å². The second-order valence-corrected chi connectivity index (χ2v) is 6.04. The number of carbonyl (C=O) groups excluding carboxylic acids is 1. The first-order valence-electron chi connectivity index (χ1n) is 8.04. The van der Waals surface area contributed by atoms with Crippen LogP contribution in [0.3, 0.4) is 0 Å². The molecule has 0 saturated carbocycles. The highest BCUT2D eigenvalue weighted by atomic mass is 19.1. The number of hydrogen-bond acceptors (Lipinski definition) is 5. The lowest BCUT2D eigenvalue weighted by Crippen LogP contribution is -2.24. The summed E-state index contributed by atoms with van der Waals surface area (Å²) in [5.41, 5.74) is 1.66. The maximum absolute atomic E-state index is 13.4. The van der Waals surface area contributed by atoms with Gasteiger partial charge in [-0.2, -0.15) is 10.2 Å². The Labute approximate surface area is 148 Å². The SMILES string of the molecule is N#Cc1cccc(-c2nc([C@@H]3CC(=O)N(c4cccc(F)c4)C3)no2)c1. The molecule has 1 aliphatic rings. The molecule has 3 aromatic rings. The minimum absolute atomic E-state index is 0.113. The predicted octanol–water partition coefficient (Wildman–Crippen LogP) is 3.27. The van der Waals surface area contributed by atoms with Gasteiger partial charge in [0.2, 0.25) is 5.91 Å². The van der Waals surface area contributed by atoms with Gasteiger partial charge in [-0.15, -0.1) is 0 Å². The molecule has 2 heterocycles. The molecule has 1 aromatic heterocycles. The van der Waals surface area contributed by atoms with E-state index in [9.17, 15) is 9.18 Å². The number of carbonyl (C=O) groups is 1. The van der Waals surface area contributed by atoms with Crippen molar-refractivity contribution < 1.29 is 13.7 Å². The van der Waals surface area contributed by atoms with Crippen LogP contribution in [0.4, 0.5) is 10.1 Å². The van der Waals surface area contributed by atoms with Crippen LogP contribution < -0.4 is 4.90 Å². The quantitative estimate of drug-likeness (QED) is 0.725. The summed E-state index contributed by atoms with van der Waals surface area (Å²) < 4.78 is 18.7. The number of rotatable bonds is 3. The van der Waals surface area contributed by atoms with Crippen LogP contribution in [0.5, 0.6) is 0 Å². The number of nitriles is 1. The Balaban J connectivity index is 1.57. The molecular formula is C19H13FN4O2. The van der Waals surface area contributed by atoms with Gasteiger partial charge in [-0.25, -0.2) is 4.39 Å². The van der Waals surface area contributed by atoms with Crippen molar-refractivity contribution in [2.45, 2.75) is 12.3 Å². The Morgan fingerprint density at radius 1 is 1.23 bits per heavy atom. The lowest BCUT2D eigenvalue weighted by molar-refractivity contribution is -0.117. The first-order chi connectivity index (χ1) is 12.6. The zero-order valence-electron chi connectivity index (χ0n) is 13.6. The van der Waals surface area contributed by atoms with E-state index in [1.165, 1.54) is 17.0 Å². The molecule has 2 aromatic carbocycles. The average molecular weight is 348 g/mol. The molecule has 1 atom stereocenters. The molecule has 0 radical (unpaired) electrons. The molecular weight excluding hydrogens is 335 g/mol. The lowest BCUT2D eigenvalue weighted by Gasteiger charge is -2.15. The van der Waals surface area contributed by atoms with Crippen LogP contribution in [0.15, 0.2) is 53.1 Å². The molecule has 6 nitrogen and oxygen atoms in total. The topological polar surface area (TPSA) is 83.0 Å². The molecule has 0 aliphatic carbocycles. The zero-order valence-corrected chi connectivity index (χ0v) is 13.6. The molecule has 1 amide bonds. The second-order valence-electron chi connectivity index (χ2n) is 6.04. The number of aromatic nitrogens is 2. The summed E-state index contributed by atoms with van der Waals surface area (Å²) in [6.07, 6.45) is 0.230. The third-order valence-electron chi connectivity index (χ3n) is 4.29. The van der Waals surface area contributed by atoms with Crippen molar-refractivity contribution in [3.63, 3.8) is 0 Å². The maximum Gasteiger partial charge on any atom is 0.257 e. The fourth-order valence-corrected chi connectivity index (χ4v) is 3.01. The summed E-state index contributed by atoms with van der Waals surface area (Å²) in [5.74, 6) is -0.0119. The van der Waals surface area contributed by atoms with Crippen LogP contribution in [0.2, 0.25) is 0 Å². The summed E-state index contributed by atoms with van der Waals surface area (Å²) in [6.45, 7) is 0.361. The predicted molar refractivity (Wildman–Crippen MR) is 90.6 cm³/mol. The van der Waals surface area contributed by atoms with Crippen LogP contribution in [-0.4, -0.2) is 22.6 Å². The van der Waals surface area contributed by atoms with Crippen molar-refractivity contribution in [3.05, 3.63) is 65.7 Å². The fraction of sp³-hybridized carbons (Fsp3) is 0.158. The minimum atomic E-state index is -0.391. The van der Waals surface area contributed by atoms with Gasteiger partial charge in [0.1, 0.15) is 5.82 Å². The molecule has 128 valence electrons. The van der Waals surface area contributed by atoms with Gasteiger partial charge in [0, 0.05) is 30.1 Å². The van der Waals surface area contributed by atoms with Crippen molar-refractivity contribution in [1.82, 2.24) is 10.1 Å². The van der Waals surface area contributed by atoms with Gasteiger partial charge in [-0.1, -0.05) is 17.3 Å². The lowest BCUT2D eigenvalue weighted by atomic mass is 10.1. The summed E-state index contributed by atoms with van der Waals surface area (Å²) >= 11 is 0. The van der Waals surface area contributed by atoms with Crippen molar-refractivity contribution in [2.75, 3.05) is 11.4 Å². The zero-order chi connectivity index (χ0) is 18.1. The van der Waals surface area contributed by atoms with Gasteiger partial charge < -0.3 is 9.42 Å². The van der Waals surface area contributed by atoms with Crippen LogP contribution in [0.1, 0.15) is 23.7 Å². The van der Waals surface area contributed by atoms with Crippen molar-refractivity contribution in [3.8, 4) is 17.5 Å². The smallest absolute Gasteiger partial charge is 0.257 e. The van der Waals surface area contributed by atoms with E-state index in [1.54, 1.807) is 36.4 Å². The monoisotopic (exact) mass is 348 g/mol. The van der Waals surface area contributed by atoms with Crippen LogP contribution >= 0.6 is 0 Å². The van der Waals surface area contributed by atoms with Gasteiger partial charge in [-0.05, 0) is 36.4 Å². The molecule has 0 N–H and O–H groups in total. The van der Waals surface area contributed by atoms with Gasteiger partial charge in [0.05, 0.1) is 11.6 Å². The number of hydrogen-bond donors (Lipinski definition) is 0. The minimum Gasteiger partial charge on any atom is -0.334 e. The molecule has 1 fully saturated rings. The largest absolute Gasteiger partial charge is 0.334 e. The van der Waals surface area contributed by atoms with E-state index in [0.717, 1.165) is 0 Å². The van der Waals surface area contributed by atoms with Crippen molar-refractivity contribution >= 4 is 11.6 Å². The summed E-state index contributed by atoms with van der Waals surface area (Å²) in [5, 5.41) is 13.0. The average Bonchev–Trinajstić information content (AvgIpc) is 3.28. The first kappa shape index (κ1) is 16.0. The van der Waals surface area contributed by atoms with E-state index in [2.05, 4.69) is 16.2 Å². The fourth-order valence-electron chi connectivity index (χ4n) is 3.01. The number of amides is 1. The molecule has 0 spiro atoms. The molecule has 1 aliphatic heterocycles. The third-order valence-corrected chi connectivity index (χ3v) is 4.29. The highest BCUT2D eigenvalue weighted by molar-refractivity contribution is 5.96. The molecule has 1 saturated heterocycles. The molecule has 0 bridgehead atoms. The Hall–Kier alpha value is -3.53. The summed E-state index contributed by atoms with van der Waals surface area (Å²) in [7, 11) is 0. The van der Waals surface area contributed by atoms with E-state index in [4.69, 9.17) is 9.78 Å². The van der Waals surface area contributed by atoms with Gasteiger partial charge in [0.15, 0.2) is 5.82 Å². The Morgan fingerprint density at radius 3 is 2.88 bits per heavy atom. The number of nitrogens with zero attached hydrogens (tertiary/aromatic N) is 4. The van der Waals surface area contributed by atoms with E-state index in [1.807, 2.05) is 0 Å². The summed E-state index contributed by atoms with van der Waals surface area (Å²) in [6, 6.07) is 14.9. The number of halogens is 1. The normalized spacial score (nSPS) is 16.7. The van der Waals surface area contributed by atoms with Gasteiger partial charge in [0.25, 0.3) is 5.89 Å². The summed E-state index contributed by atoms with van der Waals surface area (Å²) in [4.78, 5) is 18.2. The highest BCUT2D eigenvalue weighted by Crippen LogP contribution is 2.31. The maximum atomic E-state index is 13.4. The molecule has 26 heavy (non-hydrogen) atoms. The first-order valence-corrected chi connectivity index (χ1v) is 8.04. The third kappa shape index (κ3) is 2.93. The molecule has 4 rings (SSSR count). The van der Waals surface area contributed by atoms with Gasteiger partial charge >= 0.3 is 0 Å². The van der Waals surface area contributed by atoms with E-state index < -0.39 is 5.82 Å². The van der Waals surface area contributed by atoms with Crippen LogP contribution in [0, 0.1) is 17.1 Å². The Kier molecular flexibility index (Phi) is 3.93. The standard InChI is InChI=1S/C19H13FN4O2/c20-15-5-2-6-16(9-15)24-11-14(8-17(24)25)18-22-19(26-23-18)13-4-1-3-12(7-13)10-21/h1-7,9,14H,8,11H2/t14-/m1/s1. The van der Waals surface area contributed by atoms with E-state index >= 15 is 0 Å². The van der Waals surface area contributed by atoms with Gasteiger partial charge in [-0.3, -0.25) is 4.79 Å². The number of anilines is 1.